The monoisotopic (exact) mass is 683 g/mol. The number of aromatic nitrogens is 3. The number of nitrogens with zero attached hydrogens (tertiary/aromatic N) is 3. The van der Waals surface area contributed by atoms with E-state index in [1.54, 1.807) is 0 Å². The molecule has 53 heavy (non-hydrogen) atoms. The van der Waals surface area contributed by atoms with Crippen LogP contribution in [0.3, 0.4) is 0 Å². The van der Waals surface area contributed by atoms with Crippen LogP contribution in [-0.4, -0.2) is 15.0 Å². The van der Waals surface area contributed by atoms with Gasteiger partial charge in [0.1, 0.15) is 0 Å². The third-order valence-electron chi connectivity index (χ3n) is 10.4. The Kier molecular flexibility index (Phi) is 7.08. The molecule has 1 aromatic heterocycles. The molecule has 5 nitrogen and oxygen atoms in total. The number of fused-ring (bicyclic) bond motifs is 6. The van der Waals surface area contributed by atoms with Gasteiger partial charge in [0.05, 0.1) is 0 Å². The predicted molar refractivity (Wildman–Crippen MR) is 211 cm³/mol. The summed E-state index contributed by atoms with van der Waals surface area (Å²) in [5.41, 5.74) is 11.6. The third-order valence-corrected chi connectivity index (χ3v) is 10.4. The van der Waals surface area contributed by atoms with Crippen LogP contribution in [-0.2, 0) is 5.41 Å². The highest BCUT2D eigenvalue weighted by atomic mass is 16.6. The number of hydrogen-bond acceptors (Lipinski definition) is 5. The maximum atomic E-state index is 6.70. The van der Waals surface area contributed by atoms with Crippen molar-refractivity contribution in [3.05, 3.63) is 175 Å². The molecule has 10 rings (SSSR count). The smallest absolute Gasteiger partial charge is 0.178 e. The van der Waals surface area contributed by atoms with Crippen molar-refractivity contribution in [1.82, 2.24) is 15.0 Å². The summed E-state index contributed by atoms with van der Waals surface area (Å²) in [6.07, 6.45) is 0. The van der Waals surface area contributed by atoms with Crippen molar-refractivity contribution in [3.63, 3.8) is 0 Å². The molecule has 1 aliphatic carbocycles. The summed E-state index contributed by atoms with van der Waals surface area (Å²) < 4.78 is 13.3. The van der Waals surface area contributed by atoms with Gasteiger partial charge in [0.15, 0.2) is 40.5 Å². The third kappa shape index (κ3) is 5.12. The van der Waals surface area contributed by atoms with Gasteiger partial charge in [-0.15, -0.1) is 0 Å². The molecular weight excluding hydrogens is 651 g/mol. The molecule has 0 saturated heterocycles. The van der Waals surface area contributed by atoms with Crippen molar-refractivity contribution in [2.45, 2.75) is 19.3 Å². The lowest BCUT2D eigenvalue weighted by Crippen LogP contribution is -2.15. The molecule has 0 radical (unpaired) electrons. The van der Waals surface area contributed by atoms with Crippen molar-refractivity contribution >= 4 is 0 Å². The van der Waals surface area contributed by atoms with Crippen LogP contribution in [0, 0.1) is 0 Å². The van der Waals surface area contributed by atoms with E-state index in [4.69, 9.17) is 24.4 Å². The molecule has 252 valence electrons. The van der Waals surface area contributed by atoms with Gasteiger partial charge in [0, 0.05) is 27.7 Å². The highest BCUT2D eigenvalue weighted by Crippen LogP contribution is 2.58. The molecule has 0 N–H and O–H groups in total. The highest BCUT2D eigenvalue weighted by Gasteiger charge is 2.39. The predicted octanol–water partition coefficient (Wildman–Crippen LogP) is 12.4. The fourth-order valence-electron chi connectivity index (χ4n) is 7.80. The number of benzene rings is 7. The minimum atomic E-state index is -0.128. The van der Waals surface area contributed by atoms with Crippen molar-refractivity contribution in [2.75, 3.05) is 0 Å². The van der Waals surface area contributed by atoms with Crippen LogP contribution in [0.2, 0.25) is 0 Å². The van der Waals surface area contributed by atoms with Gasteiger partial charge >= 0.3 is 0 Å². The van der Waals surface area contributed by atoms with Crippen LogP contribution < -0.4 is 9.47 Å². The fourth-order valence-corrected chi connectivity index (χ4v) is 7.80. The zero-order chi connectivity index (χ0) is 35.5. The molecule has 0 amide bonds. The van der Waals surface area contributed by atoms with Crippen LogP contribution in [0.4, 0.5) is 0 Å². The van der Waals surface area contributed by atoms with Crippen molar-refractivity contribution in [2.24, 2.45) is 0 Å². The van der Waals surface area contributed by atoms with E-state index in [0.29, 0.717) is 34.7 Å². The van der Waals surface area contributed by atoms with Gasteiger partial charge in [-0.05, 0) is 57.1 Å². The lowest BCUT2D eigenvalue weighted by atomic mass is 9.82. The number of hydrogen-bond donors (Lipinski definition) is 0. The first-order valence-electron chi connectivity index (χ1n) is 17.9. The summed E-state index contributed by atoms with van der Waals surface area (Å²) in [5, 5.41) is 0. The first-order valence-corrected chi connectivity index (χ1v) is 17.9. The molecule has 0 atom stereocenters. The summed E-state index contributed by atoms with van der Waals surface area (Å²) >= 11 is 0. The molecule has 0 fully saturated rings. The highest BCUT2D eigenvalue weighted by molar-refractivity contribution is 5.89. The maximum Gasteiger partial charge on any atom is 0.178 e. The van der Waals surface area contributed by atoms with Crippen LogP contribution in [0.15, 0.2) is 164 Å². The van der Waals surface area contributed by atoms with E-state index in [1.165, 1.54) is 16.7 Å². The van der Waals surface area contributed by atoms with Crippen LogP contribution in [0.1, 0.15) is 25.0 Å². The summed E-state index contributed by atoms with van der Waals surface area (Å²) in [6, 6.07) is 55.9. The quantitative estimate of drug-likeness (QED) is 0.181. The topological polar surface area (TPSA) is 57.1 Å². The van der Waals surface area contributed by atoms with Gasteiger partial charge in [-0.3, -0.25) is 0 Å². The normalized spacial score (nSPS) is 13.2. The molecular formula is C48H33N3O2. The zero-order valence-corrected chi connectivity index (χ0v) is 29.2. The van der Waals surface area contributed by atoms with E-state index in [9.17, 15) is 0 Å². The first-order chi connectivity index (χ1) is 26.0. The number of rotatable bonds is 5. The van der Waals surface area contributed by atoms with Gasteiger partial charge in [-0.25, -0.2) is 15.0 Å². The standard InChI is InChI=1S/C48H33N3O2/c1-48(2)38-24-14-13-23-37(38)43-39(48)26-28-41-44(43)53-40-27-25-32(29-42(40)52-41)34-20-10-12-22-36(34)47-50-45(31-17-7-4-8-18-31)49-46(51-47)35-21-11-9-19-33(35)30-15-5-3-6-16-30/h3-29H,1-2H3. The Labute approximate surface area is 308 Å². The van der Waals surface area contributed by atoms with Crippen LogP contribution >= 0.6 is 0 Å². The fraction of sp³-hybridized carbons (Fsp3) is 0.0625. The molecule has 0 unspecified atom stereocenters. The van der Waals surface area contributed by atoms with Gasteiger partial charge in [0.2, 0.25) is 0 Å². The average molecular weight is 684 g/mol. The molecule has 2 aliphatic rings. The largest absolute Gasteiger partial charge is 0.449 e. The lowest BCUT2D eigenvalue weighted by molar-refractivity contribution is 0.360. The van der Waals surface area contributed by atoms with Gasteiger partial charge in [-0.1, -0.05) is 159 Å². The Hall–Kier alpha value is -6.85. The SMILES string of the molecule is CC1(C)c2ccccc2-c2c1ccc1c2Oc2ccc(-c3ccccc3-c3nc(-c4ccccc4)nc(-c4ccccc4-c4ccccc4)n3)cc2O1. The van der Waals surface area contributed by atoms with E-state index in [2.05, 4.69) is 105 Å². The molecule has 0 spiro atoms. The van der Waals surface area contributed by atoms with Crippen molar-refractivity contribution in [3.8, 4) is 90.5 Å². The minimum Gasteiger partial charge on any atom is -0.449 e. The van der Waals surface area contributed by atoms with E-state index >= 15 is 0 Å². The summed E-state index contributed by atoms with van der Waals surface area (Å²) in [7, 11) is 0. The second kappa shape index (κ2) is 12.1. The minimum absolute atomic E-state index is 0.128. The van der Waals surface area contributed by atoms with E-state index in [-0.39, 0.29) is 5.41 Å². The van der Waals surface area contributed by atoms with Crippen molar-refractivity contribution < 1.29 is 9.47 Å². The summed E-state index contributed by atoms with van der Waals surface area (Å²) in [5.74, 6) is 4.63. The summed E-state index contributed by atoms with van der Waals surface area (Å²) in [6.45, 7) is 4.54. The Balaban J connectivity index is 1.08. The van der Waals surface area contributed by atoms with E-state index < -0.39 is 0 Å². The summed E-state index contributed by atoms with van der Waals surface area (Å²) in [4.78, 5) is 15.3. The van der Waals surface area contributed by atoms with Crippen LogP contribution in [0.5, 0.6) is 23.0 Å². The number of ether oxygens (including phenoxy) is 2. The second-order valence-corrected chi connectivity index (χ2v) is 14.0. The molecule has 8 aromatic rings. The Morgan fingerprint density at radius 2 is 0.906 bits per heavy atom. The van der Waals surface area contributed by atoms with E-state index in [0.717, 1.165) is 50.3 Å². The Morgan fingerprint density at radius 1 is 0.377 bits per heavy atom. The zero-order valence-electron chi connectivity index (χ0n) is 29.2. The van der Waals surface area contributed by atoms with E-state index in [1.807, 2.05) is 72.8 Å². The molecule has 2 heterocycles. The molecule has 0 bridgehead atoms. The van der Waals surface area contributed by atoms with Crippen molar-refractivity contribution in [1.29, 1.82) is 0 Å². The molecule has 5 heteroatoms. The Morgan fingerprint density at radius 3 is 1.58 bits per heavy atom. The molecule has 7 aromatic carbocycles. The van der Waals surface area contributed by atoms with Gasteiger partial charge in [-0.2, -0.15) is 0 Å². The second-order valence-electron chi connectivity index (χ2n) is 14.0. The average Bonchev–Trinajstić information content (AvgIpc) is 3.46. The van der Waals surface area contributed by atoms with Gasteiger partial charge in [0.25, 0.3) is 0 Å². The first kappa shape index (κ1) is 30.9. The Bertz CT molecular complexity index is 2700. The molecule has 0 saturated carbocycles. The molecule has 1 aliphatic heterocycles. The lowest BCUT2D eigenvalue weighted by Gasteiger charge is -2.25. The maximum absolute atomic E-state index is 6.70. The van der Waals surface area contributed by atoms with Gasteiger partial charge < -0.3 is 9.47 Å². The van der Waals surface area contributed by atoms with Crippen LogP contribution in [0.25, 0.3) is 67.5 Å².